The number of ether oxygens (including phenoxy) is 1. The average molecular weight is 416 g/mol. The van der Waals surface area contributed by atoms with Crippen LogP contribution in [-0.4, -0.2) is 60.2 Å². The molecule has 0 atom stereocenters. The van der Waals surface area contributed by atoms with Crippen molar-refractivity contribution in [3.05, 3.63) is 28.3 Å². The third kappa shape index (κ3) is 5.41. The van der Waals surface area contributed by atoms with Gasteiger partial charge in [-0.15, -0.1) is 0 Å². The number of carbonyl (C=O) groups excluding carboxylic acids is 1. The van der Waals surface area contributed by atoms with Gasteiger partial charge in [0.2, 0.25) is 10.0 Å². The van der Waals surface area contributed by atoms with E-state index in [1.54, 1.807) is 18.7 Å². The third-order valence-electron chi connectivity index (χ3n) is 4.22. The first-order valence-corrected chi connectivity index (χ1v) is 10.6. The standard InChI is InChI=1S/C18H29N3O6S/c1-7-19(8-2)28(25,26)15-9-10-17(16(11-15)21(23)24)27-12-18(22)20(13(3)4)14(5)6/h9-11,13-14H,7-8,12H2,1-6H3. The molecule has 10 heteroatoms. The molecule has 9 nitrogen and oxygen atoms in total. The molecule has 0 N–H and O–H groups in total. The van der Waals surface area contributed by atoms with E-state index in [-0.39, 0.29) is 48.3 Å². The number of nitro groups is 1. The molecular weight excluding hydrogens is 386 g/mol. The van der Waals surface area contributed by atoms with E-state index in [4.69, 9.17) is 4.74 Å². The molecule has 0 radical (unpaired) electrons. The lowest BCUT2D eigenvalue weighted by Crippen LogP contribution is -2.44. The number of benzene rings is 1. The molecule has 0 bridgehead atoms. The summed E-state index contributed by atoms with van der Waals surface area (Å²) < 4.78 is 31.8. The average Bonchev–Trinajstić information content (AvgIpc) is 2.59. The molecule has 0 fully saturated rings. The smallest absolute Gasteiger partial charge is 0.312 e. The summed E-state index contributed by atoms with van der Waals surface area (Å²) in [6.07, 6.45) is 0. The second kappa shape index (κ2) is 9.83. The summed E-state index contributed by atoms with van der Waals surface area (Å²) >= 11 is 0. The van der Waals surface area contributed by atoms with Gasteiger partial charge in [-0.1, -0.05) is 13.8 Å². The van der Waals surface area contributed by atoms with Crippen LogP contribution < -0.4 is 4.74 Å². The molecule has 0 aliphatic rings. The number of hydrogen-bond acceptors (Lipinski definition) is 6. The highest BCUT2D eigenvalue weighted by Crippen LogP contribution is 2.31. The molecule has 0 aliphatic heterocycles. The number of nitrogens with zero attached hydrogens (tertiary/aromatic N) is 3. The van der Waals surface area contributed by atoms with E-state index in [9.17, 15) is 23.3 Å². The van der Waals surface area contributed by atoms with Gasteiger partial charge in [0.1, 0.15) is 0 Å². The van der Waals surface area contributed by atoms with Gasteiger partial charge in [-0.05, 0) is 39.8 Å². The van der Waals surface area contributed by atoms with Gasteiger partial charge in [-0.2, -0.15) is 4.31 Å². The van der Waals surface area contributed by atoms with Gasteiger partial charge in [-0.3, -0.25) is 14.9 Å². The summed E-state index contributed by atoms with van der Waals surface area (Å²) in [5.41, 5.74) is -0.498. The van der Waals surface area contributed by atoms with Gasteiger partial charge in [0, 0.05) is 31.2 Å². The minimum atomic E-state index is -3.84. The third-order valence-corrected chi connectivity index (χ3v) is 6.27. The zero-order chi connectivity index (χ0) is 21.6. The van der Waals surface area contributed by atoms with Crippen LogP contribution in [0.25, 0.3) is 0 Å². The molecule has 28 heavy (non-hydrogen) atoms. The Bertz CT molecular complexity index is 796. The molecule has 1 amide bonds. The van der Waals surface area contributed by atoms with Crippen molar-refractivity contribution in [3.63, 3.8) is 0 Å². The first-order chi connectivity index (χ1) is 13.0. The van der Waals surface area contributed by atoms with Crippen molar-refractivity contribution in [1.29, 1.82) is 0 Å². The second-order valence-electron chi connectivity index (χ2n) is 6.75. The number of carbonyl (C=O) groups is 1. The van der Waals surface area contributed by atoms with Crippen LogP contribution in [0.3, 0.4) is 0 Å². The Morgan fingerprint density at radius 1 is 1.14 bits per heavy atom. The molecular formula is C18H29N3O6S. The number of nitro benzene ring substituents is 1. The van der Waals surface area contributed by atoms with Crippen LogP contribution in [-0.2, 0) is 14.8 Å². The van der Waals surface area contributed by atoms with Crippen LogP contribution in [0.2, 0.25) is 0 Å². The first kappa shape index (κ1) is 23.8. The van der Waals surface area contributed by atoms with E-state index >= 15 is 0 Å². The molecule has 1 aromatic rings. The Morgan fingerprint density at radius 2 is 1.68 bits per heavy atom. The van der Waals surface area contributed by atoms with Crippen molar-refractivity contribution in [2.24, 2.45) is 0 Å². The fourth-order valence-corrected chi connectivity index (χ4v) is 4.50. The number of hydrogen-bond donors (Lipinski definition) is 0. The molecule has 0 aliphatic carbocycles. The number of amides is 1. The lowest BCUT2D eigenvalue weighted by Gasteiger charge is -2.30. The van der Waals surface area contributed by atoms with Crippen LogP contribution in [0.15, 0.2) is 23.1 Å². The maximum atomic E-state index is 12.6. The molecule has 1 rings (SSSR count). The van der Waals surface area contributed by atoms with Gasteiger partial charge in [0.05, 0.1) is 9.82 Å². The Kier molecular flexibility index (Phi) is 8.37. The Balaban J connectivity index is 3.16. The minimum Gasteiger partial charge on any atom is -0.477 e. The van der Waals surface area contributed by atoms with Crippen molar-refractivity contribution in [3.8, 4) is 5.75 Å². The number of rotatable bonds is 10. The highest BCUT2D eigenvalue weighted by molar-refractivity contribution is 7.89. The predicted molar refractivity (Wildman–Crippen MR) is 106 cm³/mol. The highest BCUT2D eigenvalue weighted by Gasteiger charge is 2.27. The second-order valence-corrected chi connectivity index (χ2v) is 8.69. The molecule has 0 spiro atoms. The quantitative estimate of drug-likeness (QED) is 0.429. The monoisotopic (exact) mass is 415 g/mol. The summed E-state index contributed by atoms with van der Waals surface area (Å²) in [7, 11) is -3.84. The zero-order valence-electron chi connectivity index (χ0n) is 17.2. The lowest BCUT2D eigenvalue weighted by molar-refractivity contribution is -0.386. The number of sulfonamides is 1. The summed E-state index contributed by atoms with van der Waals surface area (Å²) in [4.78, 5) is 24.5. The van der Waals surface area contributed by atoms with Crippen molar-refractivity contribution in [2.75, 3.05) is 19.7 Å². The van der Waals surface area contributed by atoms with Gasteiger partial charge >= 0.3 is 5.69 Å². The first-order valence-electron chi connectivity index (χ1n) is 9.19. The fraction of sp³-hybridized carbons (Fsp3) is 0.611. The van der Waals surface area contributed by atoms with Crippen molar-refractivity contribution in [2.45, 2.75) is 58.5 Å². The van der Waals surface area contributed by atoms with Gasteiger partial charge < -0.3 is 9.64 Å². The van der Waals surface area contributed by atoms with Crippen LogP contribution >= 0.6 is 0 Å². The molecule has 1 aromatic carbocycles. The highest BCUT2D eigenvalue weighted by atomic mass is 32.2. The Labute approximate surface area is 166 Å². The van der Waals surface area contributed by atoms with Crippen LogP contribution in [0.5, 0.6) is 5.75 Å². The van der Waals surface area contributed by atoms with Crippen molar-refractivity contribution >= 4 is 21.6 Å². The molecule has 0 aromatic heterocycles. The van der Waals surface area contributed by atoms with Gasteiger partial charge in [-0.25, -0.2) is 8.42 Å². The summed E-state index contributed by atoms with van der Waals surface area (Å²) in [5.74, 6) is -0.455. The largest absolute Gasteiger partial charge is 0.477 e. The normalized spacial score (nSPS) is 11.9. The molecule has 0 saturated heterocycles. The Morgan fingerprint density at radius 3 is 2.11 bits per heavy atom. The molecule has 0 heterocycles. The van der Waals surface area contributed by atoms with E-state index < -0.39 is 20.6 Å². The fourth-order valence-electron chi connectivity index (χ4n) is 3.02. The van der Waals surface area contributed by atoms with Crippen LogP contribution in [0.4, 0.5) is 5.69 Å². The topological polar surface area (TPSA) is 110 Å². The van der Waals surface area contributed by atoms with E-state index in [1.165, 1.54) is 16.4 Å². The SMILES string of the molecule is CCN(CC)S(=O)(=O)c1ccc(OCC(=O)N(C(C)C)C(C)C)c([N+](=O)[O-])c1. The van der Waals surface area contributed by atoms with E-state index in [1.807, 2.05) is 27.7 Å². The molecule has 158 valence electrons. The van der Waals surface area contributed by atoms with Gasteiger partial charge in [0.25, 0.3) is 5.91 Å². The van der Waals surface area contributed by atoms with Crippen LogP contribution in [0, 0.1) is 10.1 Å². The summed E-state index contributed by atoms with van der Waals surface area (Å²) in [6, 6.07) is 3.34. The molecule has 0 saturated carbocycles. The summed E-state index contributed by atoms with van der Waals surface area (Å²) in [5, 5.41) is 11.4. The van der Waals surface area contributed by atoms with Crippen molar-refractivity contribution < 1.29 is 22.9 Å². The van der Waals surface area contributed by atoms with E-state index in [0.29, 0.717) is 0 Å². The maximum Gasteiger partial charge on any atom is 0.312 e. The Hall–Kier alpha value is -2.20. The lowest BCUT2D eigenvalue weighted by atomic mass is 10.2. The minimum absolute atomic E-state index is 0.0484. The van der Waals surface area contributed by atoms with Crippen molar-refractivity contribution in [1.82, 2.24) is 9.21 Å². The molecule has 0 unspecified atom stereocenters. The summed E-state index contributed by atoms with van der Waals surface area (Å²) in [6.45, 7) is 11.0. The van der Waals surface area contributed by atoms with E-state index in [0.717, 1.165) is 6.07 Å². The van der Waals surface area contributed by atoms with Gasteiger partial charge in [0.15, 0.2) is 12.4 Å². The zero-order valence-corrected chi connectivity index (χ0v) is 18.0. The van der Waals surface area contributed by atoms with E-state index in [2.05, 4.69) is 0 Å². The van der Waals surface area contributed by atoms with Crippen LogP contribution in [0.1, 0.15) is 41.5 Å². The maximum absolute atomic E-state index is 12.6. The predicted octanol–water partition coefficient (Wildman–Crippen LogP) is 2.65.